The highest BCUT2D eigenvalue weighted by atomic mass is 16.3. The molecule has 1 saturated heterocycles. The van der Waals surface area contributed by atoms with Crippen LogP contribution in [0.4, 0.5) is 0 Å². The van der Waals surface area contributed by atoms with Gasteiger partial charge in [0, 0.05) is 31.6 Å². The zero-order valence-corrected chi connectivity index (χ0v) is 14.2. The van der Waals surface area contributed by atoms with Gasteiger partial charge in [-0.15, -0.1) is 0 Å². The van der Waals surface area contributed by atoms with Crippen LogP contribution in [0.5, 0.6) is 0 Å². The third-order valence-electron chi connectivity index (χ3n) is 4.07. The smallest absolute Gasteiger partial charge is 0.246 e. The summed E-state index contributed by atoms with van der Waals surface area (Å²) in [6.45, 7) is 7.75. The van der Waals surface area contributed by atoms with E-state index in [-0.39, 0.29) is 17.7 Å². The zero-order chi connectivity index (χ0) is 16.8. The fourth-order valence-corrected chi connectivity index (χ4v) is 2.68. The van der Waals surface area contributed by atoms with E-state index >= 15 is 0 Å². The first kappa shape index (κ1) is 17.3. The Bertz CT molecular complexity index is 575. The molecule has 1 N–H and O–H groups in total. The molecule has 0 aliphatic carbocycles. The van der Waals surface area contributed by atoms with Crippen LogP contribution < -0.4 is 5.32 Å². The van der Waals surface area contributed by atoms with E-state index in [1.165, 1.54) is 0 Å². The van der Waals surface area contributed by atoms with Crippen LogP contribution in [0.2, 0.25) is 0 Å². The fraction of sp³-hybridized carbons (Fsp3) is 0.556. The number of rotatable bonds is 5. The minimum absolute atomic E-state index is 0.000982. The van der Waals surface area contributed by atoms with Crippen molar-refractivity contribution in [3.8, 4) is 0 Å². The van der Waals surface area contributed by atoms with Crippen LogP contribution in [0.1, 0.15) is 38.2 Å². The molecular weight excluding hydrogens is 292 g/mol. The molecule has 23 heavy (non-hydrogen) atoms. The summed E-state index contributed by atoms with van der Waals surface area (Å²) in [4.78, 5) is 25.8. The van der Waals surface area contributed by atoms with Gasteiger partial charge < -0.3 is 14.6 Å². The number of carbonyl (C=O) groups excluding carboxylic acids is 2. The number of carbonyl (C=O) groups is 2. The van der Waals surface area contributed by atoms with Crippen molar-refractivity contribution < 1.29 is 14.0 Å². The Morgan fingerprint density at radius 1 is 1.43 bits per heavy atom. The van der Waals surface area contributed by atoms with E-state index in [9.17, 15) is 9.59 Å². The molecule has 0 aromatic carbocycles. The second-order valence-corrected chi connectivity index (χ2v) is 6.47. The molecule has 2 amide bonds. The Morgan fingerprint density at radius 3 is 2.87 bits per heavy atom. The molecule has 1 atom stereocenters. The summed E-state index contributed by atoms with van der Waals surface area (Å²) >= 11 is 0. The van der Waals surface area contributed by atoms with Crippen LogP contribution in [0.3, 0.4) is 0 Å². The van der Waals surface area contributed by atoms with Crippen LogP contribution in [0, 0.1) is 18.8 Å². The number of likely N-dealkylation sites (tertiary alicyclic amines) is 1. The van der Waals surface area contributed by atoms with E-state index in [4.69, 9.17) is 4.42 Å². The second kappa shape index (κ2) is 7.99. The van der Waals surface area contributed by atoms with Gasteiger partial charge in [-0.1, -0.05) is 13.8 Å². The predicted molar refractivity (Wildman–Crippen MR) is 89.6 cm³/mol. The molecule has 0 bridgehead atoms. The van der Waals surface area contributed by atoms with E-state index in [0.29, 0.717) is 24.8 Å². The average Bonchev–Trinajstić information content (AvgIpc) is 2.96. The molecule has 126 valence electrons. The van der Waals surface area contributed by atoms with Crippen molar-refractivity contribution in [1.82, 2.24) is 10.2 Å². The van der Waals surface area contributed by atoms with Crippen molar-refractivity contribution in [3.63, 3.8) is 0 Å². The lowest BCUT2D eigenvalue weighted by atomic mass is 9.97. The first-order valence-corrected chi connectivity index (χ1v) is 8.27. The van der Waals surface area contributed by atoms with Gasteiger partial charge in [-0.05, 0) is 43.9 Å². The van der Waals surface area contributed by atoms with Gasteiger partial charge in [0.25, 0.3) is 0 Å². The number of piperidine rings is 1. The monoisotopic (exact) mass is 318 g/mol. The minimum Gasteiger partial charge on any atom is -0.462 e. The summed E-state index contributed by atoms with van der Waals surface area (Å²) in [6, 6.07) is 3.72. The third-order valence-corrected chi connectivity index (χ3v) is 4.07. The summed E-state index contributed by atoms with van der Waals surface area (Å²) in [5, 5.41) is 2.96. The van der Waals surface area contributed by atoms with Gasteiger partial charge in [-0.25, -0.2) is 0 Å². The van der Waals surface area contributed by atoms with Gasteiger partial charge in [-0.3, -0.25) is 9.59 Å². The molecule has 0 saturated carbocycles. The van der Waals surface area contributed by atoms with Crippen LogP contribution in [0.25, 0.3) is 6.08 Å². The Balaban J connectivity index is 1.84. The van der Waals surface area contributed by atoms with E-state index in [1.54, 1.807) is 12.2 Å². The number of furan rings is 1. The second-order valence-electron chi connectivity index (χ2n) is 6.47. The van der Waals surface area contributed by atoms with Crippen LogP contribution in [-0.4, -0.2) is 36.3 Å². The molecule has 5 nitrogen and oxygen atoms in total. The van der Waals surface area contributed by atoms with Crippen molar-refractivity contribution in [2.75, 3.05) is 19.6 Å². The molecule has 0 unspecified atom stereocenters. The van der Waals surface area contributed by atoms with Gasteiger partial charge in [0.15, 0.2) is 0 Å². The van der Waals surface area contributed by atoms with Crippen molar-refractivity contribution >= 4 is 17.9 Å². The Hall–Kier alpha value is -2.04. The number of hydrogen-bond acceptors (Lipinski definition) is 3. The van der Waals surface area contributed by atoms with Gasteiger partial charge in [0.2, 0.25) is 11.8 Å². The van der Waals surface area contributed by atoms with Crippen molar-refractivity contribution in [3.05, 3.63) is 29.7 Å². The van der Waals surface area contributed by atoms with Gasteiger partial charge in [-0.2, -0.15) is 0 Å². The highest BCUT2D eigenvalue weighted by Gasteiger charge is 2.23. The summed E-state index contributed by atoms with van der Waals surface area (Å²) in [5.41, 5.74) is 0. The lowest BCUT2D eigenvalue weighted by Gasteiger charge is -2.32. The lowest BCUT2D eigenvalue weighted by Crippen LogP contribution is -2.43. The summed E-state index contributed by atoms with van der Waals surface area (Å²) in [7, 11) is 0. The fourth-order valence-electron chi connectivity index (χ4n) is 2.68. The molecule has 0 spiro atoms. The highest BCUT2D eigenvalue weighted by molar-refractivity contribution is 5.91. The molecule has 2 rings (SSSR count). The Kier molecular flexibility index (Phi) is 6.02. The summed E-state index contributed by atoms with van der Waals surface area (Å²) < 4.78 is 5.42. The number of nitrogens with zero attached hydrogens (tertiary/aromatic N) is 1. The van der Waals surface area contributed by atoms with Crippen LogP contribution in [0.15, 0.2) is 22.6 Å². The summed E-state index contributed by atoms with van der Waals surface area (Å²) in [6.07, 6.45) is 5.29. The topological polar surface area (TPSA) is 62.6 Å². The molecule has 1 aromatic heterocycles. The van der Waals surface area contributed by atoms with E-state index < -0.39 is 0 Å². The molecule has 5 heteroatoms. The third kappa shape index (κ3) is 5.27. The van der Waals surface area contributed by atoms with Gasteiger partial charge >= 0.3 is 0 Å². The predicted octanol–water partition coefficient (Wildman–Crippen LogP) is 2.61. The van der Waals surface area contributed by atoms with E-state index in [2.05, 4.69) is 5.32 Å². The molecule has 2 heterocycles. The molecular formula is C18H26N2O3. The summed E-state index contributed by atoms with van der Waals surface area (Å²) in [5.74, 6) is 1.91. The molecule has 1 aliphatic heterocycles. The normalized spacial score (nSPS) is 18.6. The molecule has 1 aromatic rings. The number of nitrogens with one attached hydrogen (secondary N) is 1. The maximum Gasteiger partial charge on any atom is 0.246 e. The highest BCUT2D eigenvalue weighted by Crippen LogP contribution is 2.17. The standard InChI is InChI=1S/C18H26N2O3/c1-13(2)18(22)19-11-15-5-4-10-20(12-15)17(21)9-8-16-7-6-14(3)23-16/h6-9,13,15H,4-5,10-12H2,1-3H3,(H,19,22)/b9-8-/t15-/m1/s1. The lowest BCUT2D eigenvalue weighted by molar-refractivity contribution is -0.127. The first-order chi connectivity index (χ1) is 11.0. The minimum atomic E-state index is -0.00369. The van der Waals surface area contributed by atoms with Crippen molar-refractivity contribution in [2.24, 2.45) is 11.8 Å². The first-order valence-electron chi connectivity index (χ1n) is 8.27. The maximum atomic E-state index is 12.3. The Morgan fingerprint density at radius 2 is 2.22 bits per heavy atom. The quantitative estimate of drug-likeness (QED) is 0.849. The van der Waals surface area contributed by atoms with Crippen molar-refractivity contribution in [1.29, 1.82) is 0 Å². The van der Waals surface area contributed by atoms with Crippen LogP contribution >= 0.6 is 0 Å². The Labute approximate surface area is 137 Å². The molecule has 0 radical (unpaired) electrons. The van der Waals surface area contributed by atoms with Gasteiger partial charge in [0.1, 0.15) is 11.5 Å². The number of aryl methyl sites for hydroxylation is 1. The number of hydrogen-bond donors (Lipinski definition) is 1. The van der Waals surface area contributed by atoms with E-state index in [1.807, 2.05) is 37.8 Å². The SMILES string of the molecule is Cc1ccc(/C=C\C(=O)N2CCC[C@H](CNC(=O)C(C)C)C2)o1. The maximum absolute atomic E-state index is 12.3. The average molecular weight is 318 g/mol. The largest absolute Gasteiger partial charge is 0.462 e. The number of amides is 2. The van der Waals surface area contributed by atoms with Gasteiger partial charge in [0.05, 0.1) is 0 Å². The van der Waals surface area contributed by atoms with Crippen LogP contribution in [-0.2, 0) is 9.59 Å². The molecule has 1 fully saturated rings. The zero-order valence-electron chi connectivity index (χ0n) is 14.2. The molecule has 1 aliphatic rings. The van der Waals surface area contributed by atoms with E-state index in [0.717, 1.165) is 25.1 Å². The van der Waals surface area contributed by atoms with Crippen molar-refractivity contribution in [2.45, 2.75) is 33.6 Å².